The van der Waals surface area contributed by atoms with E-state index in [-0.39, 0.29) is 0 Å². The van der Waals surface area contributed by atoms with Crippen molar-refractivity contribution in [3.63, 3.8) is 0 Å². The minimum Gasteiger partial charge on any atom is -0.497 e. The first-order valence-electron chi connectivity index (χ1n) is 11.7. The molecule has 30 heavy (non-hydrogen) atoms. The van der Waals surface area contributed by atoms with E-state index >= 15 is 0 Å². The predicted octanol–water partition coefficient (Wildman–Crippen LogP) is 3.59. The van der Waals surface area contributed by atoms with Gasteiger partial charge in [-0.05, 0) is 82.2 Å². The van der Waals surface area contributed by atoms with Gasteiger partial charge in [0.25, 0.3) is 0 Å². The molecule has 1 unspecified atom stereocenters. The minimum absolute atomic E-state index is 0.343. The number of hydrogen-bond acceptors (Lipinski definition) is 4. The fourth-order valence-corrected chi connectivity index (χ4v) is 4.22. The van der Waals surface area contributed by atoms with Crippen LogP contribution in [-0.4, -0.2) is 63.9 Å². The number of hydrogen-bond donors (Lipinski definition) is 2. The molecule has 1 atom stereocenters. The molecule has 1 aliphatic carbocycles. The van der Waals surface area contributed by atoms with Crippen LogP contribution in [0.3, 0.4) is 0 Å². The van der Waals surface area contributed by atoms with Crippen molar-refractivity contribution in [3.8, 4) is 5.75 Å². The molecule has 168 valence electrons. The first-order chi connectivity index (χ1) is 14.7. The van der Waals surface area contributed by atoms with Crippen molar-refractivity contribution < 1.29 is 9.47 Å². The van der Waals surface area contributed by atoms with Crippen LogP contribution in [0.4, 0.5) is 0 Å². The Morgan fingerprint density at radius 3 is 2.47 bits per heavy atom. The quantitative estimate of drug-likeness (QED) is 0.310. The van der Waals surface area contributed by atoms with Crippen molar-refractivity contribution in [1.82, 2.24) is 15.5 Å². The summed E-state index contributed by atoms with van der Waals surface area (Å²) in [6.45, 7) is 10.8. The summed E-state index contributed by atoms with van der Waals surface area (Å²) in [6, 6.07) is 8.86. The third-order valence-electron chi connectivity index (χ3n) is 6.40. The fourth-order valence-electron chi connectivity index (χ4n) is 4.22. The van der Waals surface area contributed by atoms with E-state index in [2.05, 4.69) is 53.6 Å². The second kappa shape index (κ2) is 11.6. The first kappa shape index (κ1) is 22.9. The average molecular weight is 417 g/mol. The molecule has 3 rings (SSSR count). The molecule has 1 saturated heterocycles. The number of ether oxygens (including phenoxy) is 2. The van der Waals surface area contributed by atoms with Crippen LogP contribution < -0.4 is 15.4 Å². The van der Waals surface area contributed by atoms with E-state index in [1.807, 2.05) is 0 Å². The summed E-state index contributed by atoms with van der Waals surface area (Å²) < 4.78 is 10.9. The second-order valence-electron chi connectivity index (χ2n) is 8.56. The molecule has 1 aromatic rings. The summed E-state index contributed by atoms with van der Waals surface area (Å²) in [6.07, 6.45) is 6.22. The van der Waals surface area contributed by atoms with Gasteiger partial charge in [0.1, 0.15) is 5.75 Å². The maximum absolute atomic E-state index is 5.57. The number of nitrogens with zero attached hydrogens (tertiary/aromatic N) is 2. The predicted molar refractivity (Wildman–Crippen MR) is 123 cm³/mol. The van der Waals surface area contributed by atoms with E-state index in [1.165, 1.54) is 31.2 Å². The molecule has 6 heteroatoms. The molecule has 2 N–H and O–H groups in total. The highest BCUT2D eigenvalue weighted by molar-refractivity contribution is 5.79. The van der Waals surface area contributed by atoms with Crippen molar-refractivity contribution in [2.24, 2.45) is 10.4 Å². The summed E-state index contributed by atoms with van der Waals surface area (Å²) in [7, 11) is 1.72. The van der Waals surface area contributed by atoms with Gasteiger partial charge in [0.15, 0.2) is 5.96 Å². The van der Waals surface area contributed by atoms with Crippen LogP contribution in [0.5, 0.6) is 5.75 Å². The van der Waals surface area contributed by atoms with E-state index in [1.54, 1.807) is 7.11 Å². The molecule has 1 aromatic carbocycles. The number of guanidine groups is 1. The monoisotopic (exact) mass is 416 g/mol. The van der Waals surface area contributed by atoms with Crippen LogP contribution in [0.2, 0.25) is 0 Å². The van der Waals surface area contributed by atoms with E-state index in [4.69, 9.17) is 14.5 Å². The van der Waals surface area contributed by atoms with Gasteiger partial charge in [-0.2, -0.15) is 0 Å². The maximum atomic E-state index is 5.57. The van der Waals surface area contributed by atoms with Gasteiger partial charge in [0.2, 0.25) is 0 Å². The standard InChI is InChI=1S/C24H40N4O2/c1-4-25-23(27-19-24(12-13-24)14-17-30-5-2)26-18-22(28-15-6-7-16-28)20-8-10-21(29-3)11-9-20/h8-11,22H,4-7,12-19H2,1-3H3,(H2,25,26,27). The van der Waals surface area contributed by atoms with Crippen LogP contribution >= 0.6 is 0 Å². The molecule has 0 radical (unpaired) electrons. The van der Waals surface area contributed by atoms with Crippen LogP contribution in [0.1, 0.15) is 57.6 Å². The number of methoxy groups -OCH3 is 1. The van der Waals surface area contributed by atoms with Gasteiger partial charge in [-0.3, -0.25) is 9.89 Å². The first-order valence-corrected chi connectivity index (χ1v) is 11.7. The zero-order valence-corrected chi connectivity index (χ0v) is 19.1. The van der Waals surface area contributed by atoms with Gasteiger partial charge in [-0.1, -0.05) is 12.1 Å². The number of benzene rings is 1. The molecule has 2 aliphatic rings. The number of aliphatic imine (C=N–C) groups is 1. The van der Waals surface area contributed by atoms with Crippen molar-refractivity contribution in [1.29, 1.82) is 0 Å². The average Bonchev–Trinajstić information content (AvgIpc) is 3.33. The molecule has 6 nitrogen and oxygen atoms in total. The molecule has 0 spiro atoms. The Morgan fingerprint density at radius 2 is 1.87 bits per heavy atom. The Bertz CT molecular complexity index is 652. The highest BCUT2D eigenvalue weighted by Crippen LogP contribution is 2.49. The van der Waals surface area contributed by atoms with Crippen LogP contribution in [-0.2, 0) is 4.74 Å². The van der Waals surface area contributed by atoms with Gasteiger partial charge in [-0.25, -0.2) is 0 Å². The summed E-state index contributed by atoms with van der Waals surface area (Å²) in [5.41, 5.74) is 1.69. The topological polar surface area (TPSA) is 58.1 Å². The molecular formula is C24H40N4O2. The highest BCUT2D eigenvalue weighted by atomic mass is 16.5. The third kappa shape index (κ3) is 6.61. The van der Waals surface area contributed by atoms with Gasteiger partial charge in [-0.15, -0.1) is 0 Å². The molecule has 1 aliphatic heterocycles. The van der Waals surface area contributed by atoms with Crippen LogP contribution in [0.25, 0.3) is 0 Å². The van der Waals surface area contributed by atoms with Crippen LogP contribution in [0.15, 0.2) is 29.3 Å². The summed E-state index contributed by atoms with van der Waals surface area (Å²) in [5.74, 6) is 1.83. The number of nitrogens with one attached hydrogen (secondary N) is 2. The summed E-state index contributed by atoms with van der Waals surface area (Å²) >= 11 is 0. The van der Waals surface area contributed by atoms with Gasteiger partial charge >= 0.3 is 0 Å². The normalized spacial score (nSPS) is 19.5. The smallest absolute Gasteiger partial charge is 0.191 e. The largest absolute Gasteiger partial charge is 0.497 e. The number of rotatable bonds is 12. The van der Waals surface area contributed by atoms with Crippen molar-refractivity contribution in [2.75, 3.05) is 53.0 Å². The maximum Gasteiger partial charge on any atom is 0.191 e. The van der Waals surface area contributed by atoms with Gasteiger partial charge < -0.3 is 20.1 Å². The Balaban J connectivity index is 1.62. The second-order valence-corrected chi connectivity index (χ2v) is 8.56. The Hall–Kier alpha value is -1.79. The molecule has 0 bridgehead atoms. The molecule has 1 saturated carbocycles. The van der Waals surface area contributed by atoms with Gasteiger partial charge in [0, 0.05) is 32.8 Å². The van der Waals surface area contributed by atoms with Crippen molar-refractivity contribution >= 4 is 5.96 Å². The lowest BCUT2D eigenvalue weighted by atomic mass is 10.0. The Kier molecular flexibility index (Phi) is 8.82. The number of likely N-dealkylation sites (tertiary alicyclic amines) is 1. The minimum atomic E-state index is 0.343. The highest BCUT2D eigenvalue weighted by Gasteiger charge is 2.41. The summed E-state index contributed by atoms with van der Waals surface area (Å²) in [5, 5.41) is 7.06. The molecular weight excluding hydrogens is 376 g/mol. The zero-order valence-electron chi connectivity index (χ0n) is 19.1. The van der Waals surface area contributed by atoms with Crippen molar-refractivity contribution in [3.05, 3.63) is 29.8 Å². The van der Waals surface area contributed by atoms with E-state index in [0.717, 1.165) is 64.1 Å². The lowest BCUT2D eigenvalue weighted by molar-refractivity contribution is 0.129. The van der Waals surface area contributed by atoms with E-state index < -0.39 is 0 Å². The fraction of sp³-hybridized carbons (Fsp3) is 0.708. The Morgan fingerprint density at radius 1 is 1.13 bits per heavy atom. The van der Waals surface area contributed by atoms with E-state index in [0.29, 0.717) is 11.5 Å². The van der Waals surface area contributed by atoms with Gasteiger partial charge in [0.05, 0.1) is 13.2 Å². The summed E-state index contributed by atoms with van der Waals surface area (Å²) in [4.78, 5) is 7.53. The lowest BCUT2D eigenvalue weighted by Crippen LogP contribution is -2.43. The molecule has 2 fully saturated rings. The molecule has 1 heterocycles. The molecule has 0 amide bonds. The van der Waals surface area contributed by atoms with E-state index in [9.17, 15) is 0 Å². The van der Waals surface area contributed by atoms with Crippen LogP contribution in [0, 0.1) is 5.41 Å². The lowest BCUT2D eigenvalue weighted by Gasteiger charge is -2.29. The molecule has 0 aromatic heterocycles. The zero-order chi connectivity index (χ0) is 21.2. The van der Waals surface area contributed by atoms with Crippen molar-refractivity contribution in [2.45, 2.75) is 52.0 Å². The third-order valence-corrected chi connectivity index (χ3v) is 6.40. The SMILES string of the molecule is CCNC(=NCC1(CCOCC)CC1)NCC(c1ccc(OC)cc1)N1CCCC1. The Labute approximate surface area is 182 Å².